The Morgan fingerprint density at radius 1 is 1.33 bits per heavy atom. The van der Waals surface area contributed by atoms with Crippen molar-refractivity contribution in [3.8, 4) is 5.75 Å². The Kier molecular flexibility index (Phi) is 2.37. The van der Waals surface area contributed by atoms with Crippen molar-refractivity contribution in [3.63, 3.8) is 0 Å². The van der Waals surface area contributed by atoms with Gasteiger partial charge in [0, 0.05) is 13.1 Å². The molecule has 15 heavy (non-hydrogen) atoms. The average molecular weight is 207 g/mol. The second-order valence-electron chi connectivity index (χ2n) is 4.49. The van der Waals surface area contributed by atoms with Gasteiger partial charge in [0.05, 0.1) is 18.4 Å². The number of nitrogens with zero attached hydrogens (tertiary/aromatic N) is 2. The Bertz CT molecular complexity index is 326. The molecule has 0 radical (unpaired) electrons. The number of nitrogens with one attached hydrogen (secondary N) is 1. The van der Waals surface area contributed by atoms with Crippen LogP contribution in [0, 0.1) is 0 Å². The summed E-state index contributed by atoms with van der Waals surface area (Å²) >= 11 is 0. The average Bonchev–Trinajstić information content (AvgIpc) is 2.82. The number of ether oxygens (including phenoxy) is 1. The fourth-order valence-corrected chi connectivity index (χ4v) is 2.29. The summed E-state index contributed by atoms with van der Waals surface area (Å²) in [5.41, 5.74) is 0. The predicted octanol–water partition coefficient (Wildman–Crippen LogP) is 1.35. The highest BCUT2D eigenvalue weighted by molar-refractivity contribution is 5.13. The molecule has 0 bridgehead atoms. The van der Waals surface area contributed by atoms with Crippen LogP contribution in [-0.4, -0.2) is 29.0 Å². The van der Waals surface area contributed by atoms with Gasteiger partial charge in [0.1, 0.15) is 6.10 Å². The van der Waals surface area contributed by atoms with Crippen LogP contribution in [0.4, 0.5) is 0 Å². The lowest BCUT2D eigenvalue weighted by Gasteiger charge is -2.26. The molecule has 2 fully saturated rings. The van der Waals surface area contributed by atoms with Crippen molar-refractivity contribution in [1.29, 1.82) is 0 Å². The van der Waals surface area contributed by atoms with Crippen molar-refractivity contribution < 1.29 is 4.74 Å². The highest BCUT2D eigenvalue weighted by Gasteiger charge is 2.21. The van der Waals surface area contributed by atoms with Crippen molar-refractivity contribution in [1.82, 2.24) is 15.1 Å². The van der Waals surface area contributed by atoms with Crippen molar-refractivity contribution in [2.75, 3.05) is 13.1 Å². The topological polar surface area (TPSA) is 39.1 Å². The standard InChI is InChI=1S/C11H17N3O/c1-2-4-9(3-1)14-8-11(7-13-14)15-10-5-12-6-10/h7-10,12H,1-6H2. The molecule has 1 N–H and O–H groups in total. The van der Waals surface area contributed by atoms with Crippen LogP contribution in [0.2, 0.25) is 0 Å². The lowest BCUT2D eigenvalue weighted by atomic mass is 10.2. The van der Waals surface area contributed by atoms with Gasteiger partial charge in [0.25, 0.3) is 0 Å². The van der Waals surface area contributed by atoms with Crippen LogP contribution in [0.25, 0.3) is 0 Å². The van der Waals surface area contributed by atoms with Gasteiger partial charge in [0.15, 0.2) is 5.75 Å². The Labute approximate surface area is 89.6 Å². The zero-order chi connectivity index (χ0) is 10.1. The maximum absolute atomic E-state index is 5.74. The molecule has 1 saturated carbocycles. The molecule has 3 rings (SSSR count). The van der Waals surface area contributed by atoms with Gasteiger partial charge in [-0.25, -0.2) is 0 Å². The molecule has 1 aliphatic heterocycles. The Balaban J connectivity index is 1.64. The van der Waals surface area contributed by atoms with Crippen LogP contribution in [0.3, 0.4) is 0 Å². The van der Waals surface area contributed by atoms with Crippen LogP contribution < -0.4 is 10.1 Å². The first-order chi connectivity index (χ1) is 7.42. The minimum Gasteiger partial charge on any atom is -0.484 e. The molecule has 2 heterocycles. The van der Waals surface area contributed by atoms with Crippen LogP contribution in [0.1, 0.15) is 31.7 Å². The van der Waals surface area contributed by atoms with Crippen molar-refractivity contribution >= 4 is 0 Å². The summed E-state index contributed by atoms with van der Waals surface area (Å²) in [4.78, 5) is 0. The monoisotopic (exact) mass is 207 g/mol. The van der Waals surface area contributed by atoms with Crippen LogP contribution in [-0.2, 0) is 0 Å². The summed E-state index contributed by atoms with van der Waals surface area (Å²) in [7, 11) is 0. The highest BCUT2D eigenvalue weighted by Crippen LogP contribution is 2.29. The van der Waals surface area contributed by atoms with Gasteiger partial charge >= 0.3 is 0 Å². The van der Waals surface area contributed by atoms with Gasteiger partial charge in [0.2, 0.25) is 0 Å². The van der Waals surface area contributed by atoms with Crippen LogP contribution in [0.5, 0.6) is 5.75 Å². The van der Waals surface area contributed by atoms with E-state index in [1.54, 1.807) is 0 Å². The Morgan fingerprint density at radius 2 is 2.13 bits per heavy atom. The van der Waals surface area contributed by atoms with Gasteiger partial charge in [-0.05, 0) is 12.8 Å². The second kappa shape index (κ2) is 3.85. The molecular weight excluding hydrogens is 190 g/mol. The molecule has 4 heteroatoms. The molecule has 0 atom stereocenters. The molecule has 1 aromatic rings. The number of hydrogen-bond acceptors (Lipinski definition) is 3. The Hall–Kier alpha value is -1.03. The van der Waals surface area contributed by atoms with Crippen LogP contribution >= 0.6 is 0 Å². The third kappa shape index (κ3) is 1.86. The lowest BCUT2D eigenvalue weighted by Crippen LogP contribution is -2.50. The SMILES string of the molecule is c1nn(C2CCCC2)cc1OC1CNC1. The summed E-state index contributed by atoms with van der Waals surface area (Å²) in [6.45, 7) is 1.93. The molecule has 1 saturated heterocycles. The van der Waals surface area contributed by atoms with E-state index in [-0.39, 0.29) is 0 Å². The number of hydrogen-bond donors (Lipinski definition) is 1. The fourth-order valence-electron chi connectivity index (χ4n) is 2.29. The van der Waals surface area contributed by atoms with E-state index < -0.39 is 0 Å². The molecule has 0 unspecified atom stereocenters. The number of aromatic nitrogens is 2. The lowest BCUT2D eigenvalue weighted by molar-refractivity contribution is 0.142. The molecule has 0 spiro atoms. The minimum absolute atomic E-state index is 0.353. The van der Waals surface area contributed by atoms with E-state index in [0.717, 1.165) is 18.8 Å². The normalized spacial score (nSPS) is 22.9. The van der Waals surface area contributed by atoms with Gasteiger partial charge < -0.3 is 10.1 Å². The summed E-state index contributed by atoms with van der Waals surface area (Å²) in [5, 5.41) is 7.57. The maximum Gasteiger partial charge on any atom is 0.157 e. The molecular formula is C11H17N3O. The van der Waals surface area contributed by atoms with E-state index in [1.807, 2.05) is 12.4 Å². The molecule has 4 nitrogen and oxygen atoms in total. The van der Waals surface area contributed by atoms with Crippen molar-refractivity contribution in [2.45, 2.75) is 37.8 Å². The largest absolute Gasteiger partial charge is 0.484 e. The summed E-state index contributed by atoms with van der Waals surface area (Å²) < 4.78 is 7.82. The van der Waals surface area contributed by atoms with Gasteiger partial charge in [-0.2, -0.15) is 5.10 Å². The number of rotatable bonds is 3. The van der Waals surface area contributed by atoms with E-state index in [9.17, 15) is 0 Å². The molecule has 0 amide bonds. The van der Waals surface area contributed by atoms with E-state index in [1.165, 1.54) is 25.7 Å². The smallest absolute Gasteiger partial charge is 0.157 e. The third-order valence-electron chi connectivity index (χ3n) is 3.32. The van der Waals surface area contributed by atoms with E-state index in [4.69, 9.17) is 4.74 Å². The Morgan fingerprint density at radius 3 is 2.80 bits per heavy atom. The molecule has 1 aromatic heterocycles. The first kappa shape index (κ1) is 9.21. The molecule has 2 aliphatic rings. The first-order valence-corrected chi connectivity index (χ1v) is 5.83. The predicted molar refractivity (Wildman–Crippen MR) is 57.0 cm³/mol. The molecule has 0 aromatic carbocycles. The summed E-state index contributed by atoms with van der Waals surface area (Å²) in [6.07, 6.45) is 9.47. The second-order valence-corrected chi connectivity index (χ2v) is 4.49. The van der Waals surface area contributed by atoms with Gasteiger partial charge in [-0.1, -0.05) is 12.8 Å². The summed E-state index contributed by atoms with van der Waals surface area (Å²) in [5.74, 6) is 0.924. The zero-order valence-corrected chi connectivity index (χ0v) is 8.85. The third-order valence-corrected chi connectivity index (χ3v) is 3.32. The van der Waals surface area contributed by atoms with E-state index in [2.05, 4.69) is 15.1 Å². The quantitative estimate of drug-likeness (QED) is 0.813. The minimum atomic E-state index is 0.353. The first-order valence-electron chi connectivity index (χ1n) is 5.83. The van der Waals surface area contributed by atoms with Gasteiger partial charge in [-0.3, -0.25) is 4.68 Å². The fraction of sp³-hybridized carbons (Fsp3) is 0.727. The van der Waals surface area contributed by atoms with Crippen molar-refractivity contribution in [3.05, 3.63) is 12.4 Å². The zero-order valence-electron chi connectivity index (χ0n) is 8.85. The highest BCUT2D eigenvalue weighted by atomic mass is 16.5. The van der Waals surface area contributed by atoms with Gasteiger partial charge in [-0.15, -0.1) is 0 Å². The molecule has 1 aliphatic carbocycles. The summed E-state index contributed by atoms with van der Waals surface area (Å²) in [6, 6.07) is 0.613. The van der Waals surface area contributed by atoms with Crippen LogP contribution in [0.15, 0.2) is 12.4 Å². The van der Waals surface area contributed by atoms with Crippen molar-refractivity contribution in [2.24, 2.45) is 0 Å². The van der Waals surface area contributed by atoms with E-state index >= 15 is 0 Å². The maximum atomic E-state index is 5.74. The molecule has 82 valence electrons. The van der Waals surface area contributed by atoms with E-state index in [0.29, 0.717) is 12.1 Å².